The summed E-state index contributed by atoms with van der Waals surface area (Å²) in [7, 11) is 0. The predicted octanol–water partition coefficient (Wildman–Crippen LogP) is 2.17. The summed E-state index contributed by atoms with van der Waals surface area (Å²) < 4.78 is 13.7. The lowest BCUT2D eigenvalue weighted by Crippen LogP contribution is -2.36. The van der Waals surface area contributed by atoms with Crippen molar-refractivity contribution in [3.8, 4) is 0 Å². The molecule has 1 heterocycles. The highest BCUT2D eigenvalue weighted by atomic mass is 35.5. The third-order valence-electron chi connectivity index (χ3n) is 2.77. The molecule has 1 atom stereocenters. The van der Waals surface area contributed by atoms with Crippen LogP contribution in [0.4, 0.5) is 4.39 Å². The van der Waals surface area contributed by atoms with E-state index in [2.05, 4.69) is 4.99 Å². The van der Waals surface area contributed by atoms with Crippen LogP contribution in [0.25, 0.3) is 0 Å². The van der Waals surface area contributed by atoms with Gasteiger partial charge in [0.15, 0.2) is 5.96 Å². The van der Waals surface area contributed by atoms with E-state index in [0.717, 1.165) is 0 Å². The highest BCUT2D eigenvalue weighted by Gasteiger charge is 2.29. The van der Waals surface area contributed by atoms with Crippen LogP contribution in [0.1, 0.15) is 18.5 Å². The number of nitrogens with zero attached hydrogens (tertiary/aromatic N) is 2. The molecule has 1 unspecified atom stereocenters. The van der Waals surface area contributed by atoms with Gasteiger partial charge < -0.3 is 10.6 Å². The molecule has 0 bridgehead atoms. The molecule has 16 heavy (non-hydrogen) atoms. The summed E-state index contributed by atoms with van der Waals surface area (Å²) >= 11 is 6.02. The Morgan fingerprint density at radius 2 is 2.38 bits per heavy atom. The van der Waals surface area contributed by atoms with E-state index in [1.807, 2.05) is 11.8 Å². The minimum atomic E-state index is -0.305. The van der Waals surface area contributed by atoms with Crippen LogP contribution in [0.15, 0.2) is 23.2 Å². The molecule has 0 spiro atoms. The second-order valence-electron chi connectivity index (χ2n) is 3.64. The first kappa shape index (κ1) is 11.2. The zero-order valence-corrected chi connectivity index (χ0v) is 9.71. The Hall–Kier alpha value is -1.29. The molecule has 2 N–H and O–H groups in total. The van der Waals surface area contributed by atoms with E-state index in [4.69, 9.17) is 17.3 Å². The molecule has 2 rings (SSSR count). The lowest BCUT2D eigenvalue weighted by atomic mass is 10.1. The number of benzene rings is 1. The first-order valence-electron chi connectivity index (χ1n) is 5.15. The second-order valence-corrected chi connectivity index (χ2v) is 4.04. The number of halogens is 2. The molecule has 0 saturated heterocycles. The molecule has 1 aromatic carbocycles. The van der Waals surface area contributed by atoms with Gasteiger partial charge in [-0.3, -0.25) is 4.99 Å². The average molecular weight is 242 g/mol. The van der Waals surface area contributed by atoms with Gasteiger partial charge in [0, 0.05) is 17.1 Å². The summed E-state index contributed by atoms with van der Waals surface area (Å²) in [5.41, 5.74) is 6.21. The third-order valence-corrected chi connectivity index (χ3v) is 3.10. The topological polar surface area (TPSA) is 41.6 Å². The van der Waals surface area contributed by atoms with Gasteiger partial charge >= 0.3 is 0 Å². The van der Waals surface area contributed by atoms with Gasteiger partial charge in [-0.2, -0.15) is 0 Å². The van der Waals surface area contributed by atoms with E-state index in [1.54, 1.807) is 12.1 Å². The van der Waals surface area contributed by atoms with E-state index in [-0.39, 0.29) is 11.9 Å². The van der Waals surface area contributed by atoms with Gasteiger partial charge in [0.1, 0.15) is 5.82 Å². The molecule has 0 radical (unpaired) electrons. The fourth-order valence-electron chi connectivity index (χ4n) is 1.99. The first-order chi connectivity index (χ1) is 7.65. The largest absolute Gasteiger partial charge is 0.370 e. The van der Waals surface area contributed by atoms with Crippen molar-refractivity contribution in [3.63, 3.8) is 0 Å². The SMILES string of the molecule is CCN1C(N)=NCC1c1c(F)cccc1Cl. The molecule has 0 amide bonds. The van der Waals surface area contributed by atoms with Gasteiger partial charge in [-0.15, -0.1) is 0 Å². The van der Waals surface area contributed by atoms with Gasteiger partial charge in [-0.05, 0) is 19.1 Å². The molecular weight excluding hydrogens is 229 g/mol. The zero-order valence-electron chi connectivity index (χ0n) is 8.95. The van der Waals surface area contributed by atoms with Crippen LogP contribution in [0.5, 0.6) is 0 Å². The van der Waals surface area contributed by atoms with E-state index < -0.39 is 0 Å². The minimum Gasteiger partial charge on any atom is -0.370 e. The van der Waals surface area contributed by atoms with Crippen LogP contribution in [0.2, 0.25) is 5.02 Å². The maximum atomic E-state index is 13.7. The third kappa shape index (κ3) is 1.73. The van der Waals surface area contributed by atoms with Gasteiger partial charge in [-0.1, -0.05) is 17.7 Å². The molecule has 1 aliphatic rings. The Morgan fingerprint density at radius 1 is 1.62 bits per heavy atom. The summed E-state index contributed by atoms with van der Waals surface area (Å²) in [5.74, 6) is 0.146. The number of guanidine groups is 1. The number of hydrogen-bond donors (Lipinski definition) is 1. The van der Waals surface area contributed by atoms with Crippen LogP contribution in [0.3, 0.4) is 0 Å². The van der Waals surface area contributed by atoms with Crippen molar-refractivity contribution in [2.75, 3.05) is 13.1 Å². The second kappa shape index (κ2) is 4.29. The summed E-state index contributed by atoms with van der Waals surface area (Å²) in [5, 5.41) is 0.424. The predicted molar refractivity (Wildman–Crippen MR) is 63.0 cm³/mol. The Bertz CT molecular complexity index is 413. The fraction of sp³-hybridized carbons (Fsp3) is 0.364. The van der Waals surface area contributed by atoms with Crippen LogP contribution < -0.4 is 5.73 Å². The number of hydrogen-bond acceptors (Lipinski definition) is 3. The van der Waals surface area contributed by atoms with E-state index in [9.17, 15) is 4.39 Å². The maximum Gasteiger partial charge on any atom is 0.191 e. The fourth-order valence-corrected chi connectivity index (χ4v) is 2.28. The first-order valence-corrected chi connectivity index (χ1v) is 5.53. The minimum absolute atomic E-state index is 0.182. The Balaban J connectivity index is 2.39. The highest BCUT2D eigenvalue weighted by molar-refractivity contribution is 6.31. The maximum absolute atomic E-state index is 13.7. The summed E-state index contributed by atoms with van der Waals surface area (Å²) in [6.45, 7) is 3.10. The quantitative estimate of drug-likeness (QED) is 0.862. The van der Waals surface area contributed by atoms with Crippen molar-refractivity contribution >= 4 is 17.6 Å². The number of nitrogens with two attached hydrogens (primary N) is 1. The lowest BCUT2D eigenvalue weighted by molar-refractivity contribution is 0.354. The van der Waals surface area contributed by atoms with Crippen molar-refractivity contribution in [1.29, 1.82) is 0 Å². The number of aliphatic imine (C=N–C) groups is 1. The van der Waals surface area contributed by atoms with Crippen LogP contribution in [-0.2, 0) is 0 Å². The van der Waals surface area contributed by atoms with Crippen LogP contribution >= 0.6 is 11.6 Å². The molecule has 1 aliphatic heterocycles. The van der Waals surface area contributed by atoms with Crippen LogP contribution in [-0.4, -0.2) is 23.9 Å². The average Bonchev–Trinajstić information content (AvgIpc) is 2.59. The molecule has 86 valence electrons. The molecule has 0 fully saturated rings. The number of rotatable bonds is 2. The standard InChI is InChI=1S/C11H13ClFN3/c1-2-16-9(6-15-11(16)14)10-7(12)4-3-5-8(10)13/h3-5,9H,2,6H2,1H3,(H2,14,15). The molecule has 0 aromatic heterocycles. The van der Waals surface area contributed by atoms with Crippen molar-refractivity contribution in [2.45, 2.75) is 13.0 Å². The summed E-state index contributed by atoms with van der Waals surface area (Å²) in [4.78, 5) is 5.97. The summed E-state index contributed by atoms with van der Waals surface area (Å²) in [6, 6.07) is 4.50. The molecule has 0 saturated carbocycles. The van der Waals surface area contributed by atoms with Crippen molar-refractivity contribution in [1.82, 2.24) is 4.90 Å². The summed E-state index contributed by atoms with van der Waals surface area (Å²) in [6.07, 6.45) is 0. The van der Waals surface area contributed by atoms with Gasteiger partial charge in [0.25, 0.3) is 0 Å². The highest BCUT2D eigenvalue weighted by Crippen LogP contribution is 2.32. The molecule has 1 aromatic rings. The molecule has 0 aliphatic carbocycles. The zero-order chi connectivity index (χ0) is 11.7. The van der Waals surface area contributed by atoms with E-state index in [0.29, 0.717) is 29.6 Å². The van der Waals surface area contributed by atoms with Gasteiger partial charge in [-0.25, -0.2) is 4.39 Å². The van der Waals surface area contributed by atoms with Crippen LogP contribution in [0, 0.1) is 5.82 Å². The van der Waals surface area contributed by atoms with Crippen molar-refractivity contribution in [2.24, 2.45) is 10.7 Å². The number of likely N-dealkylation sites (N-methyl/N-ethyl adjacent to an activating group) is 1. The molecule has 3 nitrogen and oxygen atoms in total. The van der Waals surface area contributed by atoms with Crippen molar-refractivity contribution in [3.05, 3.63) is 34.6 Å². The van der Waals surface area contributed by atoms with E-state index in [1.165, 1.54) is 6.07 Å². The van der Waals surface area contributed by atoms with Gasteiger partial charge in [0.05, 0.1) is 12.6 Å². The van der Waals surface area contributed by atoms with Crippen molar-refractivity contribution < 1.29 is 4.39 Å². The smallest absolute Gasteiger partial charge is 0.191 e. The molecule has 5 heteroatoms. The monoisotopic (exact) mass is 241 g/mol. The lowest BCUT2D eigenvalue weighted by Gasteiger charge is -2.25. The van der Waals surface area contributed by atoms with Gasteiger partial charge in [0.2, 0.25) is 0 Å². The van der Waals surface area contributed by atoms with E-state index >= 15 is 0 Å². The molecular formula is C11H13ClFN3. The Morgan fingerprint density at radius 3 is 3.00 bits per heavy atom. The normalized spacial score (nSPS) is 20.1. The Kier molecular flexibility index (Phi) is 3.01. The Labute approximate surface area is 98.7 Å².